The van der Waals surface area contributed by atoms with Gasteiger partial charge in [0, 0.05) is 6.54 Å². The minimum Gasteiger partial charge on any atom is -0.270 e. The van der Waals surface area contributed by atoms with Crippen molar-refractivity contribution in [3.63, 3.8) is 0 Å². The highest BCUT2D eigenvalue weighted by atomic mass is 32.2. The summed E-state index contributed by atoms with van der Waals surface area (Å²) in [6, 6.07) is 8.78. The topological polar surface area (TPSA) is 37.4 Å². The molecular weight excluding hydrogens is 229 g/mol. The molecule has 0 aliphatic rings. The Morgan fingerprint density at radius 1 is 1.25 bits per heavy atom. The van der Waals surface area contributed by atoms with Crippen molar-refractivity contribution in [2.24, 2.45) is 0 Å². The maximum atomic E-state index is 12.2. The van der Waals surface area contributed by atoms with Crippen molar-refractivity contribution in [2.45, 2.75) is 13.3 Å². The van der Waals surface area contributed by atoms with Crippen molar-refractivity contribution in [2.75, 3.05) is 23.3 Å². The van der Waals surface area contributed by atoms with Gasteiger partial charge in [0.05, 0.1) is 11.4 Å². The Balaban J connectivity index is 3.00. The lowest BCUT2D eigenvalue weighted by molar-refractivity contribution is 0.515. The van der Waals surface area contributed by atoms with E-state index in [-0.39, 0.29) is 0 Å². The molecule has 0 spiro atoms. The van der Waals surface area contributed by atoms with Crippen molar-refractivity contribution < 1.29 is 12.8 Å². The Bertz CT molecular complexity index is 405. The van der Waals surface area contributed by atoms with Crippen molar-refractivity contribution in [3.05, 3.63) is 30.3 Å². The fraction of sp³-hybridized carbons (Fsp3) is 0.455. The fourth-order valence-corrected chi connectivity index (χ4v) is 2.75. The second-order valence-electron chi connectivity index (χ2n) is 3.41. The monoisotopic (exact) mass is 245 g/mol. The van der Waals surface area contributed by atoms with Crippen LogP contribution in [0.5, 0.6) is 0 Å². The maximum absolute atomic E-state index is 12.2. The van der Waals surface area contributed by atoms with Gasteiger partial charge < -0.3 is 0 Å². The molecule has 0 atom stereocenters. The lowest BCUT2D eigenvalue weighted by Gasteiger charge is -2.23. The predicted molar refractivity (Wildman–Crippen MR) is 63.8 cm³/mol. The Kier molecular flexibility index (Phi) is 4.73. The van der Waals surface area contributed by atoms with E-state index in [1.54, 1.807) is 24.3 Å². The molecule has 5 heteroatoms. The van der Waals surface area contributed by atoms with Crippen molar-refractivity contribution >= 4 is 15.7 Å². The minimum absolute atomic E-state index is 0.381. The molecule has 0 saturated carbocycles. The van der Waals surface area contributed by atoms with Gasteiger partial charge in [0.15, 0.2) is 0 Å². The standard InChI is InChI=1S/C11H16FNO2S/c1-2-9-13(16(14,15)10-8-12)11-6-4-3-5-7-11/h3-7H,2,8-10H2,1H3. The third kappa shape index (κ3) is 3.20. The van der Waals surface area contributed by atoms with Gasteiger partial charge in [0.2, 0.25) is 10.0 Å². The molecule has 0 bridgehead atoms. The number of rotatable bonds is 6. The molecule has 0 heterocycles. The number of halogens is 1. The van der Waals surface area contributed by atoms with E-state index in [2.05, 4.69) is 0 Å². The Morgan fingerprint density at radius 2 is 1.88 bits per heavy atom. The Labute approximate surface area is 95.9 Å². The molecule has 0 N–H and O–H groups in total. The molecule has 1 aromatic rings. The van der Waals surface area contributed by atoms with E-state index < -0.39 is 22.5 Å². The number of sulfonamides is 1. The summed E-state index contributed by atoms with van der Waals surface area (Å²) in [5.74, 6) is -0.456. The van der Waals surface area contributed by atoms with Crippen LogP contribution in [0.4, 0.5) is 10.1 Å². The molecule has 90 valence electrons. The van der Waals surface area contributed by atoms with Gasteiger partial charge in [0.25, 0.3) is 0 Å². The molecular formula is C11H16FNO2S. The second kappa shape index (κ2) is 5.84. The molecule has 0 amide bonds. The van der Waals surface area contributed by atoms with Crippen LogP contribution in [0.15, 0.2) is 30.3 Å². The zero-order chi connectivity index (χ0) is 12.0. The van der Waals surface area contributed by atoms with Gasteiger partial charge >= 0.3 is 0 Å². The largest absolute Gasteiger partial charge is 0.270 e. The van der Waals surface area contributed by atoms with E-state index in [0.717, 1.165) is 0 Å². The summed E-state index contributed by atoms with van der Waals surface area (Å²) in [5.41, 5.74) is 0.595. The van der Waals surface area contributed by atoms with Crippen LogP contribution in [0.25, 0.3) is 0 Å². The number of benzene rings is 1. The van der Waals surface area contributed by atoms with Crippen LogP contribution < -0.4 is 4.31 Å². The smallest absolute Gasteiger partial charge is 0.237 e. The first kappa shape index (κ1) is 13.0. The zero-order valence-electron chi connectivity index (χ0n) is 9.27. The molecule has 0 fully saturated rings. The zero-order valence-corrected chi connectivity index (χ0v) is 10.1. The van der Waals surface area contributed by atoms with E-state index in [4.69, 9.17) is 0 Å². The lowest BCUT2D eigenvalue weighted by atomic mass is 10.3. The number of para-hydroxylation sites is 1. The van der Waals surface area contributed by atoms with E-state index >= 15 is 0 Å². The summed E-state index contributed by atoms with van der Waals surface area (Å²) in [5, 5.41) is 0. The van der Waals surface area contributed by atoms with Gasteiger partial charge in [-0.05, 0) is 18.6 Å². The van der Waals surface area contributed by atoms with Crippen molar-refractivity contribution in [1.82, 2.24) is 0 Å². The quantitative estimate of drug-likeness (QED) is 0.770. The van der Waals surface area contributed by atoms with Gasteiger partial charge in [-0.3, -0.25) is 4.31 Å². The average molecular weight is 245 g/mol. The summed E-state index contributed by atoms with van der Waals surface area (Å²) < 4.78 is 37.1. The van der Waals surface area contributed by atoms with Crippen LogP contribution in [0.3, 0.4) is 0 Å². The molecule has 16 heavy (non-hydrogen) atoms. The number of nitrogens with zero attached hydrogens (tertiary/aromatic N) is 1. The first-order valence-electron chi connectivity index (χ1n) is 5.23. The third-order valence-electron chi connectivity index (χ3n) is 2.14. The molecule has 0 unspecified atom stereocenters. The summed E-state index contributed by atoms with van der Waals surface area (Å²) in [6.45, 7) is 1.42. The van der Waals surface area contributed by atoms with Crippen LogP contribution in [-0.4, -0.2) is 27.4 Å². The van der Waals surface area contributed by atoms with Gasteiger partial charge in [0.1, 0.15) is 6.67 Å². The van der Waals surface area contributed by atoms with Crippen molar-refractivity contribution in [1.29, 1.82) is 0 Å². The predicted octanol–water partition coefficient (Wildman–Crippen LogP) is 2.20. The average Bonchev–Trinajstić information content (AvgIpc) is 2.27. The highest BCUT2D eigenvalue weighted by molar-refractivity contribution is 7.92. The molecule has 0 radical (unpaired) electrons. The summed E-state index contributed by atoms with van der Waals surface area (Å²) in [4.78, 5) is 0. The minimum atomic E-state index is -3.53. The number of alkyl halides is 1. The summed E-state index contributed by atoms with van der Waals surface area (Å²) in [7, 11) is -3.53. The third-order valence-corrected chi connectivity index (χ3v) is 3.88. The Morgan fingerprint density at radius 3 is 2.38 bits per heavy atom. The number of hydrogen-bond donors (Lipinski definition) is 0. The second-order valence-corrected chi connectivity index (χ2v) is 5.43. The van der Waals surface area contributed by atoms with Gasteiger partial charge in [-0.25, -0.2) is 12.8 Å². The summed E-state index contributed by atoms with van der Waals surface area (Å²) >= 11 is 0. The SMILES string of the molecule is CCCN(c1ccccc1)S(=O)(=O)CCF. The highest BCUT2D eigenvalue weighted by Gasteiger charge is 2.20. The first-order valence-corrected chi connectivity index (χ1v) is 6.84. The van der Waals surface area contributed by atoms with Crippen LogP contribution in [0.2, 0.25) is 0 Å². The van der Waals surface area contributed by atoms with E-state index in [1.807, 2.05) is 13.0 Å². The van der Waals surface area contributed by atoms with Crippen LogP contribution in [0.1, 0.15) is 13.3 Å². The fourth-order valence-electron chi connectivity index (χ4n) is 1.43. The molecule has 1 aromatic carbocycles. The van der Waals surface area contributed by atoms with E-state index in [9.17, 15) is 12.8 Å². The Hall–Kier alpha value is -1.10. The molecule has 3 nitrogen and oxygen atoms in total. The van der Waals surface area contributed by atoms with Crippen LogP contribution in [-0.2, 0) is 10.0 Å². The normalized spacial score (nSPS) is 11.4. The lowest BCUT2D eigenvalue weighted by Crippen LogP contribution is -2.34. The van der Waals surface area contributed by atoms with Crippen LogP contribution in [0, 0.1) is 0 Å². The van der Waals surface area contributed by atoms with E-state index in [1.165, 1.54) is 4.31 Å². The summed E-state index contributed by atoms with van der Waals surface area (Å²) in [6.07, 6.45) is 0.695. The van der Waals surface area contributed by atoms with Gasteiger partial charge in [-0.15, -0.1) is 0 Å². The molecule has 1 rings (SSSR count). The van der Waals surface area contributed by atoms with Gasteiger partial charge in [-0.2, -0.15) is 0 Å². The maximum Gasteiger partial charge on any atom is 0.237 e. The molecule has 0 saturated heterocycles. The van der Waals surface area contributed by atoms with Crippen molar-refractivity contribution in [3.8, 4) is 0 Å². The number of hydrogen-bond acceptors (Lipinski definition) is 2. The molecule has 0 aliphatic carbocycles. The van der Waals surface area contributed by atoms with Gasteiger partial charge in [-0.1, -0.05) is 25.1 Å². The van der Waals surface area contributed by atoms with Crippen LogP contribution >= 0.6 is 0 Å². The molecule has 0 aromatic heterocycles. The van der Waals surface area contributed by atoms with E-state index in [0.29, 0.717) is 18.7 Å². The molecule has 0 aliphatic heterocycles. The highest BCUT2D eigenvalue weighted by Crippen LogP contribution is 2.18. The first-order chi connectivity index (χ1) is 7.61. The number of anilines is 1.